The number of benzene rings is 2. The minimum absolute atomic E-state index is 0.0398. The molecule has 0 aliphatic rings. The number of rotatable bonds is 5. The van der Waals surface area contributed by atoms with Gasteiger partial charge in [0.25, 0.3) is 0 Å². The molecule has 0 aromatic heterocycles. The Balaban J connectivity index is 2.10. The van der Waals surface area contributed by atoms with E-state index in [1.165, 1.54) is 18.2 Å². The summed E-state index contributed by atoms with van der Waals surface area (Å²) in [6, 6.07) is 12.9. The van der Waals surface area contributed by atoms with Gasteiger partial charge in [-0.1, -0.05) is 35.9 Å². The molecule has 0 aliphatic carbocycles. The van der Waals surface area contributed by atoms with Gasteiger partial charge in [-0.05, 0) is 24.6 Å². The topological polar surface area (TPSA) is 46.5 Å². The second-order valence-corrected chi connectivity index (χ2v) is 4.57. The molecule has 2 aromatic rings. The highest BCUT2D eigenvalue weighted by atomic mass is 19.1. The van der Waals surface area contributed by atoms with Crippen molar-refractivity contribution in [3.05, 3.63) is 65.5 Å². The zero-order valence-electron chi connectivity index (χ0n) is 11.0. The smallest absolute Gasteiger partial charge is 0.314 e. The highest BCUT2D eigenvalue weighted by molar-refractivity contribution is 5.76. The fraction of sp³-hybridized carbons (Fsp3) is 0.188. The molecule has 0 fully saturated rings. The van der Waals surface area contributed by atoms with Crippen LogP contribution in [0.4, 0.5) is 4.39 Å². The van der Waals surface area contributed by atoms with Crippen LogP contribution in [0.2, 0.25) is 0 Å². The van der Waals surface area contributed by atoms with Gasteiger partial charge in [0.05, 0.1) is 0 Å². The molecule has 104 valence electrons. The fourth-order valence-electron chi connectivity index (χ4n) is 1.85. The number of halogens is 1. The molecular weight excluding hydrogens is 259 g/mol. The van der Waals surface area contributed by atoms with Gasteiger partial charge in [0.1, 0.15) is 24.1 Å². The third-order valence-electron chi connectivity index (χ3n) is 2.99. The molecule has 0 radical (unpaired) electrons. The van der Waals surface area contributed by atoms with Crippen LogP contribution in [-0.4, -0.2) is 17.7 Å². The van der Waals surface area contributed by atoms with Crippen LogP contribution in [0, 0.1) is 12.7 Å². The molecule has 3 nitrogen and oxygen atoms in total. The molecule has 0 amide bonds. The quantitative estimate of drug-likeness (QED) is 0.909. The Morgan fingerprint density at radius 2 is 1.95 bits per heavy atom. The van der Waals surface area contributed by atoms with Crippen LogP contribution in [0.1, 0.15) is 17.0 Å². The van der Waals surface area contributed by atoms with E-state index in [0.717, 1.165) is 5.56 Å². The highest BCUT2D eigenvalue weighted by Gasteiger charge is 2.20. The Kier molecular flexibility index (Phi) is 4.35. The second kappa shape index (κ2) is 6.19. The van der Waals surface area contributed by atoms with Gasteiger partial charge < -0.3 is 9.84 Å². The molecule has 20 heavy (non-hydrogen) atoms. The Morgan fingerprint density at radius 1 is 1.25 bits per heavy atom. The van der Waals surface area contributed by atoms with Crippen molar-refractivity contribution in [2.45, 2.75) is 12.8 Å². The zero-order valence-corrected chi connectivity index (χ0v) is 11.0. The predicted molar refractivity (Wildman–Crippen MR) is 73.5 cm³/mol. The lowest BCUT2D eigenvalue weighted by atomic mass is 9.99. The molecule has 0 spiro atoms. The van der Waals surface area contributed by atoms with E-state index in [9.17, 15) is 14.3 Å². The molecule has 0 saturated heterocycles. The molecule has 0 heterocycles. The number of carbonyl (C=O) groups is 1. The maximum Gasteiger partial charge on any atom is 0.314 e. The van der Waals surface area contributed by atoms with Crippen molar-refractivity contribution >= 4 is 5.97 Å². The minimum atomic E-state index is -0.967. The summed E-state index contributed by atoms with van der Waals surface area (Å²) < 4.78 is 18.4. The maximum absolute atomic E-state index is 13.0. The van der Waals surface area contributed by atoms with Gasteiger partial charge in [-0.25, -0.2) is 4.39 Å². The fourth-order valence-corrected chi connectivity index (χ4v) is 1.85. The third kappa shape index (κ3) is 3.57. The van der Waals surface area contributed by atoms with Gasteiger partial charge in [-0.2, -0.15) is 0 Å². The van der Waals surface area contributed by atoms with Crippen LogP contribution in [0.25, 0.3) is 0 Å². The number of hydrogen-bond acceptors (Lipinski definition) is 2. The summed E-state index contributed by atoms with van der Waals surface area (Å²) >= 11 is 0. The molecule has 1 unspecified atom stereocenters. The summed E-state index contributed by atoms with van der Waals surface area (Å²) in [5, 5.41) is 9.27. The van der Waals surface area contributed by atoms with Crippen molar-refractivity contribution in [2.24, 2.45) is 0 Å². The SMILES string of the molecule is Cc1ccc(C(COc2cccc(F)c2)C(=O)O)cc1. The summed E-state index contributed by atoms with van der Waals surface area (Å²) in [7, 11) is 0. The average Bonchev–Trinajstić information content (AvgIpc) is 2.41. The van der Waals surface area contributed by atoms with Crippen LogP contribution in [0.3, 0.4) is 0 Å². The zero-order chi connectivity index (χ0) is 14.5. The molecular formula is C16H15FO3. The first kappa shape index (κ1) is 14.1. The molecule has 1 atom stereocenters. The second-order valence-electron chi connectivity index (χ2n) is 4.57. The number of ether oxygens (including phenoxy) is 1. The minimum Gasteiger partial charge on any atom is -0.492 e. The van der Waals surface area contributed by atoms with Crippen molar-refractivity contribution in [2.75, 3.05) is 6.61 Å². The molecule has 0 aliphatic heterocycles. The maximum atomic E-state index is 13.0. The number of hydrogen-bond donors (Lipinski definition) is 1. The van der Waals surface area contributed by atoms with Crippen LogP contribution < -0.4 is 4.74 Å². The first-order valence-electron chi connectivity index (χ1n) is 6.24. The van der Waals surface area contributed by atoms with Crippen molar-refractivity contribution in [1.82, 2.24) is 0 Å². The normalized spacial score (nSPS) is 11.9. The highest BCUT2D eigenvalue weighted by Crippen LogP contribution is 2.20. The Morgan fingerprint density at radius 3 is 2.55 bits per heavy atom. The third-order valence-corrected chi connectivity index (χ3v) is 2.99. The number of carboxylic acids is 1. The van der Waals surface area contributed by atoms with Crippen LogP contribution in [-0.2, 0) is 4.79 Å². The van der Waals surface area contributed by atoms with Crippen LogP contribution in [0.5, 0.6) is 5.75 Å². The molecule has 2 aromatic carbocycles. The number of aliphatic carboxylic acids is 1. The van der Waals surface area contributed by atoms with Gasteiger partial charge in [0.2, 0.25) is 0 Å². The van der Waals surface area contributed by atoms with E-state index < -0.39 is 17.7 Å². The Labute approximate surface area is 116 Å². The molecule has 0 bridgehead atoms. The van der Waals surface area contributed by atoms with Gasteiger partial charge in [0.15, 0.2) is 0 Å². The summed E-state index contributed by atoms with van der Waals surface area (Å²) in [5.74, 6) is -1.84. The number of aryl methyl sites for hydroxylation is 1. The molecule has 0 saturated carbocycles. The lowest BCUT2D eigenvalue weighted by Gasteiger charge is -2.14. The van der Waals surface area contributed by atoms with E-state index in [4.69, 9.17) is 4.74 Å². The van der Waals surface area contributed by atoms with Crippen molar-refractivity contribution < 1.29 is 19.0 Å². The van der Waals surface area contributed by atoms with Gasteiger partial charge in [0, 0.05) is 6.07 Å². The van der Waals surface area contributed by atoms with Gasteiger partial charge >= 0.3 is 5.97 Å². The standard InChI is InChI=1S/C16H15FO3/c1-11-5-7-12(8-6-11)15(16(18)19)10-20-14-4-2-3-13(17)9-14/h2-9,15H,10H2,1H3,(H,18,19). The van der Waals surface area contributed by atoms with Gasteiger partial charge in [-0.15, -0.1) is 0 Å². The van der Waals surface area contributed by atoms with E-state index in [1.807, 2.05) is 19.1 Å². The van der Waals surface area contributed by atoms with E-state index in [1.54, 1.807) is 18.2 Å². The van der Waals surface area contributed by atoms with Crippen molar-refractivity contribution in [1.29, 1.82) is 0 Å². The lowest BCUT2D eigenvalue weighted by Crippen LogP contribution is -2.19. The lowest BCUT2D eigenvalue weighted by molar-refractivity contribution is -0.139. The van der Waals surface area contributed by atoms with Crippen LogP contribution >= 0.6 is 0 Å². The average molecular weight is 274 g/mol. The van der Waals surface area contributed by atoms with E-state index >= 15 is 0 Å². The largest absolute Gasteiger partial charge is 0.492 e. The van der Waals surface area contributed by atoms with E-state index in [2.05, 4.69) is 0 Å². The van der Waals surface area contributed by atoms with Gasteiger partial charge in [-0.3, -0.25) is 4.79 Å². The first-order chi connectivity index (χ1) is 9.56. The molecule has 1 N–H and O–H groups in total. The van der Waals surface area contributed by atoms with Crippen LogP contribution in [0.15, 0.2) is 48.5 Å². The predicted octanol–water partition coefficient (Wildman–Crippen LogP) is 3.38. The summed E-state index contributed by atoms with van der Waals surface area (Å²) in [6.45, 7) is 1.89. The Hall–Kier alpha value is -2.36. The van der Waals surface area contributed by atoms with Crippen molar-refractivity contribution in [3.63, 3.8) is 0 Å². The van der Waals surface area contributed by atoms with E-state index in [0.29, 0.717) is 11.3 Å². The monoisotopic (exact) mass is 274 g/mol. The first-order valence-corrected chi connectivity index (χ1v) is 6.24. The van der Waals surface area contributed by atoms with E-state index in [-0.39, 0.29) is 6.61 Å². The summed E-state index contributed by atoms with van der Waals surface area (Å²) in [4.78, 5) is 11.3. The summed E-state index contributed by atoms with van der Waals surface area (Å²) in [6.07, 6.45) is 0. The summed E-state index contributed by atoms with van der Waals surface area (Å²) in [5.41, 5.74) is 1.73. The Bertz CT molecular complexity index is 593. The molecule has 2 rings (SSSR count). The van der Waals surface area contributed by atoms with Crippen molar-refractivity contribution in [3.8, 4) is 5.75 Å². The molecule has 4 heteroatoms. The number of carboxylic acid groups (broad SMARTS) is 1.